The summed E-state index contributed by atoms with van der Waals surface area (Å²) in [6.07, 6.45) is -3.07. The lowest BCUT2D eigenvalue weighted by atomic mass is 9.85. The van der Waals surface area contributed by atoms with Crippen LogP contribution in [-0.4, -0.2) is 18.1 Å². The predicted octanol–water partition coefficient (Wildman–Crippen LogP) is 3.74. The van der Waals surface area contributed by atoms with Gasteiger partial charge < -0.3 is 11.1 Å². The van der Waals surface area contributed by atoms with Crippen molar-refractivity contribution < 1.29 is 18.0 Å². The fourth-order valence-corrected chi connectivity index (χ4v) is 2.87. The van der Waals surface area contributed by atoms with E-state index in [0.29, 0.717) is 12.8 Å². The van der Waals surface area contributed by atoms with Crippen LogP contribution in [0.4, 0.5) is 13.2 Å². The summed E-state index contributed by atoms with van der Waals surface area (Å²) in [7, 11) is 0. The number of nitrogens with one attached hydrogen (secondary N) is 1. The molecule has 0 saturated heterocycles. The molecule has 1 atom stereocenters. The van der Waals surface area contributed by atoms with Gasteiger partial charge in [0.15, 0.2) is 0 Å². The molecule has 3 N–H and O–H groups in total. The highest BCUT2D eigenvalue weighted by molar-refractivity contribution is 5.85. The van der Waals surface area contributed by atoms with Crippen molar-refractivity contribution in [1.29, 1.82) is 0 Å². The standard InChI is InChI=1S/C16H21F3N2O.ClH/c17-16(18,19)12-6-8-13(9-7-12)21-15(22)10-14(20)11-4-2-1-3-5-11;/h1-5,12-14H,6-10,20H2,(H,21,22);1H. The molecule has 1 saturated carbocycles. The van der Waals surface area contributed by atoms with Crippen molar-refractivity contribution in [2.75, 3.05) is 0 Å². The van der Waals surface area contributed by atoms with Crippen LogP contribution in [0.5, 0.6) is 0 Å². The highest BCUT2D eigenvalue weighted by Crippen LogP contribution is 2.37. The number of alkyl halides is 3. The fourth-order valence-electron chi connectivity index (χ4n) is 2.87. The lowest BCUT2D eigenvalue weighted by Crippen LogP contribution is -2.40. The molecule has 0 aliphatic heterocycles. The zero-order valence-electron chi connectivity index (χ0n) is 12.7. The van der Waals surface area contributed by atoms with Gasteiger partial charge in [-0.25, -0.2) is 0 Å². The minimum atomic E-state index is -4.12. The van der Waals surface area contributed by atoms with Crippen molar-refractivity contribution in [3.63, 3.8) is 0 Å². The Morgan fingerprint density at radius 3 is 2.26 bits per heavy atom. The van der Waals surface area contributed by atoms with Gasteiger partial charge in [0.2, 0.25) is 5.91 Å². The van der Waals surface area contributed by atoms with Crippen LogP contribution in [0.25, 0.3) is 0 Å². The summed E-state index contributed by atoms with van der Waals surface area (Å²) in [5.41, 5.74) is 6.84. The van der Waals surface area contributed by atoms with Crippen molar-refractivity contribution in [3.8, 4) is 0 Å². The fraction of sp³-hybridized carbons (Fsp3) is 0.562. The van der Waals surface area contributed by atoms with E-state index < -0.39 is 18.1 Å². The summed E-state index contributed by atoms with van der Waals surface area (Å²) in [5, 5.41) is 2.81. The van der Waals surface area contributed by atoms with Crippen LogP contribution in [0.15, 0.2) is 30.3 Å². The number of carbonyl (C=O) groups excluding carboxylic acids is 1. The van der Waals surface area contributed by atoms with E-state index in [0.717, 1.165) is 5.56 Å². The van der Waals surface area contributed by atoms with Crippen LogP contribution < -0.4 is 11.1 Å². The Hall–Kier alpha value is -1.27. The van der Waals surface area contributed by atoms with Gasteiger partial charge in [0, 0.05) is 18.5 Å². The maximum absolute atomic E-state index is 12.6. The van der Waals surface area contributed by atoms with Gasteiger partial charge in [-0.2, -0.15) is 13.2 Å². The molecule has 1 amide bonds. The molecule has 7 heteroatoms. The Labute approximate surface area is 140 Å². The smallest absolute Gasteiger partial charge is 0.353 e. The number of halogens is 4. The third-order valence-corrected chi connectivity index (χ3v) is 4.19. The van der Waals surface area contributed by atoms with E-state index in [4.69, 9.17) is 5.73 Å². The Kier molecular flexibility index (Phi) is 7.35. The van der Waals surface area contributed by atoms with E-state index in [1.165, 1.54) is 0 Å². The molecule has 0 heterocycles. The monoisotopic (exact) mass is 350 g/mol. The van der Waals surface area contributed by atoms with Crippen molar-refractivity contribution in [3.05, 3.63) is 35.9 Å². The van der Waals surface area contributed by atoms with Gasteiger partial charge in [0.25, 0.3) is 0 Å². The molecule has 1 aromatic rings. The summed E-state index contributed by atoms with van der Waals surface area (Å²) in [6.45, 7) is 0. The number of hydrogen-bond acceptors (Lipinski definition) is 2. The van der Waals surface area contributed by atoms with E-state index >= 15 is 0 Å². The van der Waals surface area contributed by atoms with Gasteiger partial charge in [0.1, 0.15) is 0 Å². The van der Waals surface area contributed by atoms with E-state index in [1.54, 1.807) is 0 Å². The van der Waals surface area contributed by atoms with Crippen molar-refractivity contribution >= 4 is 18.3 Å². The average molecular weight is 351 g/mol. The van der Waals surface area contributed by atoms with Crippen LogP contribution in [0.3, 0.4) is 0 Å². The SMILES string of the molecule is Cl.NC(CC(=O)NC1CCC(C(F)(F)F)CC1)c1ccccc1. The third-order valence-electron chi connectivity index (χ3n) is 4.19. The number of amides is 1. The molecule has 130 valence electrons. The molecule has 1 aliphatic carbocycles. The van der Waals surface area contributed by atoms with E-state index in [1.807, 2.05) is 30.3 Å². The zero-order valence-corrected chi connectivity index (χ0v) is 13.5. The highest BCUT2D eigenvalue weighted by atomic mass is 35.5. The summed E-state index contributed by atoms with van der Waals surface area (Å²) < 4.78 is 37.8. The molecule has 1 fully saturated rings. The summed E-state index contributed by atoms with van der Waals surface area (Å²) >= 11 is 0. The second-order valence-electron chi connectivity index (χ2n) is 5.88. The molecule has 0 bridgehead atoms. The van der Waals surface area contributed by atoms with Crippen LogP contribution in [0, 0.1) is 5.92 Å². The number of benzene rings is 1. The molecule has 2 rings (SSSR count). The maximum atomic E-state index is 12.6. The minimum absolute atomic E-state index is 0. The molecule has 1 aliphatic rings. The van der Waals surface area contributed by atoms with Gasteiger partial charge in [-0.3, -0.25) is 4.79 Å². The lowest BCUT2D eigenvalue weighted by Gasteiger charge is -2.30. The number of hydrogen-bond donors (Lipinski definition) is 2. The third kappa shape index (κ3) is 6.03. The van der Waals surface area contributed by atoms with Gasteiger partial charge in [0.05, 0.1) is 5.92 Å². The van der Waals surface area contributed by atoms with Crippen molar-refractivity contribution in [2.45, 2.75) is 50.4 Å². The van der Waals surface area contributed by atoms with Crippen molar-refractivity contribution in [2.24, 2.45) is 11.7 Å². The summed E-state index contributed by atoms with van der Waals surface area (Å²) in [5.74, 6) is -1.43. The first-order chi connectivity index (χ1) is 10.4. The highest BCUT2D eigenvalue weighted by Gasteiger charge is 2.41. The number of rotatable bonds is 4. The maximum Gasteiger partial charge on any atom is 0.391 e. The lowest BCUT2D eigenvalue weighted by molar-refractivity contribution is -0.182. The number of nitrogens with two attached hydrogens (primary N) is 1. The van der Waals surface area contributed by atoms with Gasteiger partial charge >= 0.3 is 6.18 Å². The first-order valence-electron chi connectivity index (χ1n) is 7.53. The predicted molar refractivity (Wildman–Crippen MR) is 85.2 cm³/mol. The average Bonchev–Trinajstić information content (AvgIpc) is 2.47. The molecule has 0 radical (unpaired) electrons. The molecule has 0 spiro atoms. The molecule has 1 unspecified atom stereocenters. The summed E-state index contributed by atoms with van der Waals surface area (Å²) in [4.78, 5) is 12.0. The minimum Gasteiger partial charge on any atom is -0.353 e. The zero-order chi connectivity index (χ0) is 16.2. The Morgan fingerprint density at radius 1 is 1.17 bits per heavy atom. The van der Waals surface area contributed by atoms with E-state index in [2.05, 4.69) is 5.32 Å². The Balaban J connectivity index is 0.00000264. The van der Waals surface area contributed by atoms with Gasteiger partial charge in [-0.15, -0.1) is 12.4 Å². The first-order valence-corrected chi connectivity index (χ1v) is 7.53. The van der Waals surface area contributed by atoms with E-state index in [9.17, 15) is 18.0 Å². The van der Waals surface area contributed by atoms with Gasteiger partial charge in [-0.1, -0.05) is 30.3 Å². The Morgan fingerprint density at radius 2 is 1.74 bits per heavy atom. The molecular formula is C16H22ClF3N2O. The Bertz CT molecular complexity index is 488. The molecule has 23 heavy (non-hydrogen) atoms. The van der Waals surface area contributed by atoms with Crippen LogP contribution in [0.2, 0.25) is 0 Å². The van der Waals surface area contributed by atoms with Gasteiger partial charge in [-0.05, 0) is 31.2 Å². The molecular weight excluding hydrogens is 329 g/mol. The quantitative estimate of drug-likeness (QED) is 0.869. The van der Waals surface area contributed by atoms with E-state index in [-0.39, 0.29) is 43.6 Å². The van der Waals surface area contributed by atoms with Crippen LogP contribution >= 0.6 is 12.4 Å². The molecule has 3 nitrogen and oxygen atoms in total. The first kappa shape index (κ1) is 19.8. The van der Waals surface area contributed by atoms with Crippen molar-refractivity contribution in [1.82, 2.24) is 5.32 Å². The molecule has 0 aromatic heterocycles. The van der Waals surface area contributed by atoms with Crippen LogP contribution in [-0.2, 0) is 4.79 Å². The summed E-state index contributed by atoms with van der Waals surface area (Å²) in [6, 6.07) is 8.72. The normalized spacial score (nSPS) is 22.8. The second kappa shape index (κ2) is 8.55. The number of carbonyl (C=O) groups is 1. The van der Waals surface area contributed by atoms with Crippen LogP contribution in [0.1, 0.15) is 43.7 Å². The largest absolute Gasteiger partial charge is 0.391 e. The second-order valence-corrected chi connectivity index (χ2v) is 5.88. The molecule has 1 aromatic carbocycles. The topological polar surface area (TPSA) is 55.1 Å².